The van der Waals surface area contributed by atoms with Crippen molar-refractivity contribution in [2.24, 2.45) is 0 Å². The van der Waals surface area contributed by atoms with E-state index in [-0.39, 0.29) is 18.4 Å². The topological polar surface area (TPSA) is 77.2 Å². The van der Waals surface area contributed by atoms with Crippen LogP contribution in [-0.2, 0) is 11.2 Å². The minimum atomic E-state index is -0.0492. The van der Waals surface area contributed by atoms with Gasteiger partial charge in [-0.3, -0.25) is 4.79 Å². The lowest BCUT2D eigenvalue weighted by atomic mass is 10.1. The molecule has 1 saturated carbocycles. The highest BCUT2D eigenvalue weighted by Crippen LogP contribution is 2.20. The largest absolute Gasteiger partial charge is 0.497 e. The van der Waals surface area contributed by atoms with Gasteiger partial charge in [-0.15, -0.1) is 0 Å². The van der Waals surface area contributed by atoms with E-state index in [1.54, 1.807) is 7.11 Å². The van der Waals surface area contributed by atoms with Gasteiger partial charge in [0.2, 0.25) is 17.6 Å². The van der Waals surface area contributed by atoms with Gasteiger partial charge in [-0.2, -0.15) is 4.98 Å². The number of methoxy groups -OCH3 is 1. The van der Waals surface area contributed by atoms with Gasteiger partial charge in [0.05, 0.1) is 7.11 Å². The Labute approximate surface area is 141 Å². The fourth-order valence-corrected chi connectivity index (χ4v) is 3.02. The third-order valence-corrected chi connectivity index (χ3v) is 4.35. The van der Waals surface area contributed by atoms with Crippen molar-refractivity contribution in [3.8, 4) is 17.1 Å². The van der Waals surface area contributed by atoms with E-state index in [0.29, 0.717) is 11.7 Å². The van der Waals surface area contributed by atoms with Crippen molar-refractivity contribution in [1.82, 2.24) is 15.5 Å². The Bertz CT molecular complexity index is 658. The Morgan fingerprint density at radius 2 is 1.92 bits per heavy atom. The lowest BCUT2D eigenvalue weighted by Gasteiger charge is -2.15. The summed E-state index contributed by atoms with van der Waals surface area (Å²) in [6.45, 7) is 0. The van der Waals surface area contributed by atoms with E-state index in [1.165, 1.54) is 25.7 Å². The average Bonchev–Trinajstić information content (AvgIpc) is 2.90. The van der Waals surface area contributed by atoms with Gasteiger partial charge in [-0.1, -0.05) is 30.8 Å². The molecule has 0 saturated heterocycles. The van der Waals surface area contributed by atoms with Crippen LogP contribution in [0.1, 0.15) is 44.4 Å². The van der Waals surface area contributed by atoms with Crippen molar-refractivity contribution >= 4 is 5.91 Å². The van der Waals surface area contributed by atoms with Crippen LogP contribution in [0.5, 0.6) is 5.75 Å². The summed E-state index contributed by atoms with van der Waals surface area (Å²) in [5.74, 6) is 1.54. The molecular formula is C18H23N3O3. The molecule has 1 amide bonds. The van der Waals surface area contributed by atoms with Gasteiger partial charge in [0.15, 0.2) is 0 Å². The molecular weight excluding hydrogens is 306 g/mol. The third kappa shape index (κ3) is 4.34. The van der Waals surface area contributed by atoms with Crippen LogP contribution >= 0.6 is 0 Å². The molecule has 1 aliphatic rings. The number of aromatic nitrogens is 2. The maximum Gasteiger partial charge on any atom is 0.236 e. The number of rotatable bonds is 5. The number of carbonyl (C=O) groups is 1. The predicted octanol–water partition coefficient (Wildman–Crippen LogP) is 3.13. The van der Waals surface area contributed by atoms with Crippen LogP contribution in [-0.4, -0.2) is 29.2 Å². The van der Waals surface area contributed by atoms with Crippen molar-refractivity contribution in [1.29, 1.82) is 0 Å². The van der Waals surface area contributed by atoms with Gasteiger partial charge >= 0.3 is 0 Å². The van der Waals surface area contributed by atoms with E-state index in [2.05, 4.69) is 15.5 Å². The van der Waals surface area contributed by atoms with Gasteiger partial charge in [0.1, 0.15) is 12.2 Å². The molecule has 0 unspecified atom stereocenters. The second kappa shape index (κ2) is 7.95. The van der Waals surface area contributed by atoms with Gasteiger partial charge in [0, 0.05) is 11.6 Å². The standard InChI is InChI=1S/C18H23N3O3/c1-23-15-10-8-13(9-11-15)18-20-17(24-21-18)12-16(22)19-14-6-4-2-3-5-7-14/h8-11,14H,2-7,12H2,1H3,(H,19,22). The summed E-state index contributed by atoms with van der Waals surface area (Å²) >= 11 is 0. The maximum atomic E-state index is 12.2. The normalized spacial score (nSPS) is 15.7. The van der Waals surface area contributed by atoms with Crippen LogP contribution in [0.15, 0.2) is 28.8 Å². The first-order valence-corrected chi connectivity index (χ1v) is 8.51. The van der Waals surface area contributed by atoms with Crippen LogP contribution in [0, 0.1) is 0 Å². The zero-order chi connectivity index (χ0) is 16.8. The highest BCUT2D eigenvalue weighted by molar-refractivity contribution is 5.78. The second-order valence-electron chi connectivity index (χ2n) is 6.17. The van der Waals surface area contributed by atoms with E-state index in [1.807, 2.05) is 24.3 Å². The highest BCUT2D eigenvalue weighted by atomic mass is 16.5. The second-order valence-corrected chi connectivity index (χ2v) is 6.17. The molecule has 1 heterocycles. The maximum absolute atomic E-state index is 12.2. The summed E-state index contributed by atoms with van der Waals surface area (Å²) in [5, 5.41) is 7.04. The third-order valence-electron chi connectivity index (χ3n) is 4.35. The predicted molar refractivity (Wildman–Crippen MR) is 89.6 cm³/mol. The number of hydrogen-bond acceptors (Lipinski definition) is 5. The molecule has 0 atom stereocenters. The Balaban J connectivity index is 1.57. The van der Waals surface area contributed by atoms with Gasteiger partial charge in [-0.05, 0) is 37.1 Å². The molecule has 3 rings (SSSR count). The molecule has 128 valence electrons. The molecule has 1 fully saturated rings. The minimum absolute atomic E-state index is 0.0492. The minimum Gasteiger partial charge on any atom is -0.497 e. The lowest BCUT2D eigenvalue weighted by Crippen LogP contribution is -2.35. The van der Waals surface area contributed by atoms with E-state index in [0.717, 1.165) is 24.2 Å². The molecule has 0 bridgehead atoms. The molecule has 0 radical (unpaired) electrons. The number of benzene rings is 1. The fourth-order valence-electron chi connectivity index (χ4n) is 3.02. The van der Waals surface area contributed by atoms with Crippen LogP contribution in [0.3, 0.4) is 0 Å². The number of nitrogens with zero attached hydrogens (tertiary/aromatic N) is 2. The van der Waals surface area contributed by atoms with Crippen LogP contribution < -0.4 is 10.1 Å². The summed E-state index contributed by atoms with van der Waals surface area (Å²) in [5.41, 5.74) is 0.829. The van der Waals surface area contributed by atoms with Crippen LogP contribution in [0.4, 0.5) is 0 Å². The summed E-state index contributed by atoms with van der Waals surface area (Å²) in [6, 6.07) is 7.68. The molecule has 1 aromatic carbocycles. The summed E-state index contributed by atoms with van der Waals surface area (Å²) in [6.07, 6.45) is 7.15. The number of nitrogens with one attached hydrogen (secondary N) is 1. The van der Waals surface area contributed by atoms with Gasteiger partial charge in [0.25, 0.3) is 0 Å². The molecule has 24 heavy (non-hydrogen) atoms. The Kier molecular flexibility index (Phi) is 5.46. The van der Waals surface area contributed by atoms with Crippen LogP contribution in [0.2, 0.25) is 0 Å². The summed E-state index contributed by atoms with van der Waals surface area (Å²) < 4.78 is 10.3. The zero-order valence-corrected chi connectivity index (χ0v) is 14.0. The van der Waals surface area contributed by atoms with Crippen molar-refractivity contribution < 1.29 is 14.1 Å². The zero-order valence-electron chi connectivity index (χ0n) is 14.0. The quantitative estimate of drug-likeness (QED) is 0.853. The lowest BCUT2D eigenvalue weighted by molar-refractivity contribution is -0.121. The van der Waals surface area contributed by atoms with Crippen molar-refractivity contribution in [3.63, 3.8) is 0 Å². The molecule has 6 heteroatoms. The summed E-state index contributed by atoms with van der Waals surface area (Å²) in [4.78, 5) is 16.5. The molecule has 1 N–H and O–H groups in total. The van der Waals surface area contributed by atoms with Crippen LogP contribution in [0.25, 0.3) is 11.4 Å². The monoisotopic (exact) mass is 329 g/mol. The van der Waals surface area contributed by atoms with E-state index < -0.39 is 0 Å². The van der Waals surface area contributed by atoms with Gasteiger partial charge in [-0.25, -0.2) is 0 Å². The molecule has 0 aliphatic heterocycles. The number of ether oxygens (including phenoxy) is 1. The Morgan fingerprint density at radius 3 is 2.58 bits per heavy atom. The van der Waals surface area contributed by atoms with Crippen molar-refractivity contribution in [2.45, 2.75) is 51.0 Å². The van der Waals surface area contributed by atoms with Gasteiger partial charge < -0.3 is 14.6 Å². The number of carbonyl (C=O) groups excluding carboxylic acids is 1. The molecule has 0 spiro atoms. The summed E-state index contributed by atoms with van der Waals surface area (Å²) in [7, 11) is 1.62. The van der Waals surface area contributed by atoms with Crippen molar-refractivity contribution in [2.75, 3.05) is 7.11 Å². The Morgan fingerprint density at radius 1 is 1.21 bits per heavy atom. The Hall–Kier alpha value is -2.37. The first-order valence-electron chi connectivity index (χ1n) is 8.51. The first kappa shape index (κ1) is 16.5. The molecule has 2 aromatic rings. The molecule has 1 aliphatic carbocycles. The molecule has 6 nitrogen and oxygen atoms in total. The van der Waals surface area contributed by atoms with E-state index >= 15 is 0 Å². The van der Waals surface area contributed by atoms with E-state index in [4.69, 9.17) is 9.26 Å². The highest BCUT2D eigenvalue weighted by Gasteiger charge is 2.17. The molecule has 1 aromatic heterocycles. The smallest absolute Gasteiger partial charge is 0.236 e. The fraction of sp³-hybridized carbons (Fsp3) is 0.500. The van der Waals surface area contributed by atoms with E-state index in [9.17, 15) is 4.79 Å². The SMILES string of the molecule is COc1ccc(-c2noc(CC(=O)NC3CCCCCC3)n2)cc1. The average molecular weight is 329 g/mol. The number of hydrogen-bond donors (Lipinski definition) is 1. The first-order chi connectivity index (χ1) is 11.7. The van der Waals surface area contributed by atoms with Crippen molar-refractivity contribution in [3.05, 3.63) is 30.2 Å². The number of amides is 1.